The number of hydrogen-bond acceptors (Lipinski definition) is 2. The van der Waals surface area contributed by atoms with Gasteiger partial charge in [0.15, 0.2) is 0 Å². The third-order valence-corrected chi connectivity index (χ3v) is 5.10. The molecule has 110 valence electrons. The van der Waals surface area contributed by atoms with Gasteiger partial charge in [-0.15, -0.1) is 0 Å². The Morgan fingerprint density at radius 1 is 1.29 bits per heavy atom. The average Bonchev–Trinajstić information content (AvgIpc) is 3.13. The van der Waals surface area contributed by atoms with Crippen LogP contribution >= 0.6 is 0 Å². The quantitative estimate of drug-likeness (QED) is 0.887. The Labute approximate surface area is 124 Å². The van der Waals surface area contributed by atoms with E-state index in [0.717, 1.165) is 18.4 Å². The molecule has 1 aliphatic carbocycles. The fourth-order valence-corrected chi connectivity index (χ4v) is 3.97. The summed E-state index contributed by atoms with van der Waals surface area (Å²) >= 11 is 0. The number of aryl methyl sites for hydroxylation is 1. The van der Waals surface area contributed by atoms with Crippen LogP contribution < -0.4 is 5.73 Å². The molecule has 2 aliphatic rings. The summed E-state index contributed by atoms with van der Waals surface area (Å²) in [7, 11) is 0. The van der Waals surface area contributed by atoms with Crippen LogP contribution in [0.3, 0.4) is 0 Å². The first-order valence-electron chi connectivity index (χ1n) is 7.90. The highest BCUT2D eigenvalue weighted by molar-refractivity contribution is 5.98. The number of fused-ring (bicyclic) bond motifs is 3. The van der Waals surface area contributed by atoms with Crippen LogP contribution in [-0.4, -0.2) is 34.9 Å². The Morgan fingerprint density at radius 2 is 2.10 bits per heavy atom. The molecule has 1 saturated heterocycles. The number of hydrogen-bond donors (Lipinski definition) is 2. The lowest BCUT2D eigenvalue weighted by molar-refractivity contribution is 0.100. The van der Waals surface area contributed by atoms with Crippen molar-refractivity contribution in [3.8, 4) is 0 Å². The van der Waals surface area contributed by atoms with E-state index < -0.39 is 0 Å². The molecule has 0 saturated carbocycles. The molecule has 1 fully saturated rings. The van der Waals surface area contributed by atoms with E-state index in [1.165, 1.54) is 49.0 Å². The number of H-pyrrole nitrogens is 1. The number of primary amides is 1. The van der Waals surface area contributed by atoms with Gasteiger partial charge in [-0.3, -0.25) is 4.79 Å². The van der Waals surface area contributed by atoms with Crippen molar-refractivity contribution in [3.05, 3.63) is 35.0 Å². The highest BCUT2D eigenvalue weighted by Crippen LogP contribution is 2.32. The monoisotopic (exact) mass is 283 g/mol. The molecule has 0 spiro atoms. The second-order valence-electron chi connectivity index (χ2n) is 6.35. The third-order valence-electron chi connectivity index (χ3n) is 5.10. The molecule has 1 aromatic carbocycles. The van der Waals surface area contributed by atoms with Gasteiger partial charge in [0.25, 0.3) is 0 Å². The number of nitrogens with zero attached hydrogens (tertiary/aromatic N) is 1. The number of rotatable bonds is 2. The van der Waals surface area contributed by atoms with Crippen LogP contribution in [0, 0.1) is 0 Å². The second kappa shape index (κ2) is 4.88. The lowest BCUT2D eigenvalue weighted by atomic mass is 9.90. The van der Waals surface area contributed by atoms with E-state index >= 15 is 0 Å². The minimum absolute atomic E-state index is 0.348. The van der Waals surface area contributed by atoms with Gasteiger partial charge >= 0.3 is 0 Å². The fraction of sp³-hybridized carbons (Fsp3) is 0.471. The Balaban J connectivity index is 1.73. The smallest absolute Gasteiger partial charge is 0.248 e. The van der Waals surface area contributed by atoms with Gasteiger partial charge in [0.1, 0.15) is 0 Å². The van der Waals surface area contributed by atoms with Crippen LogP contribution in [0.25, 0.3) is 10.9 Å². The number of nitrogens with one attached hydrogen (secondary N) is 1. The summed E-state index contributed by atoms with van der Waals surface area (Å²) in [4.78, 5) is 17.6. The summed E-state index contributed by atoms with van der Waals surface area (Å²) < 4.78 is 0. The van der Waals surface area contributed by atoms with Crippen LogP contribution in [0.15, 0.2) is 18.2 Å². The summed E-state index contributed by atoms with van der Waals surface area (Å²) in [5, 5.41) is 1.19. The van der Waals surface area contributed by atoms with E-state index in [1.807, 2.05) is 18.2 Å². The second-order valence-corrected chi connectivity index (χ2v) is 6.35. The molecular formula is C17H21N3O. The summed E-state index contributed by atoms with van der Waals surface area (Å²) in [5.74, 6) is -0.348. The molecule has 21 heavy (non-hydrogen) atoms. The van der Waals surface area contributed by atoms with Crippen molar-refractivity contribution in [3.63, 3.8) is 0 Å². The first-order chi connectivity index (χ1) is 10.2. The number of aromatic amines is 1. The number of likely N-dealkylation sites (tertiary alicyclic amines) is 1. The molecular weight excluding hydrogens is 262 g/mol. The zero-order valence-electron chi connectivity index (χ0n) is 12.2. The third kappa shape index (κ3) is 2.14. The van der Waals surface area contributed by atoms with Gasteiger partial charge in [-0.1, -0.05) is 0 Å². The number of benzene rings is 1. The van der Waals surface area contributed by atoms with Crippen molar-refractivity contribution in [1.82, 2.24) is 9.88 Å². The van der Waals surface area contributed by atoms with E-state index in [0.29, 0.717) is 11.6 Å². The summed E-state index contributed by atoms with van der Waals surface area (Å²) in [6, 6.07) is 6.42. The van der Waals surface area contributed by atoms with Gasteiger partial charge in [-0.25, -0.2) is 0 Å². The molecule has 0 radical (unpaired) electrons. The molecule has 4 heteroatoms. The van der Waals surface area contributed by atoms with Gasteiger partial charge in [0.2, 0.25) is 5.91 Å². The Kier molecular flexibility index (Phi) is 3.00. The predicted molar refractivity (Wildman–Crippen MR) is 83.4 cm³/mol. The number of carbonyl (C=O) groups is 1. The maximum Gasteiger partial charge on any atom is 0.248 e. The molecule has 3 N–H and O–H groups in total. The van der Waals surface area contributed by atoms with Crippen molar-refractivity contribution >= 4 is 16.8 Å². The molecule has 2 aromatic rings. The zero-order chi connectivity index (χ0) is 14.4. The minimum Gasteiger partial charge on any atom is -0.366 e. The number of nitrogens with two attached hydrogens (primary N) is 1. The molecule has 2 heterocycles. The maximum atomic E-state index is 11.4. The van der Waals surface area contributed by atoms with E-state index in [9.17, 15) is 4.79 Å². The van der Waals surface area contributed by atoms with Crippen LogP contribution in [0.1, 0.15) is 40.9 Å². The summed E-state index contributed by atoms with van der Waals surface area (Å²) in [6.45, 7) is 2.49. The van der Waals surface area contributed by atoms with Crippen molar-refractivity contribution in [2.24, 2.45) is 5.73 Å². The maximum absolute atomic E-state index is 11.4. The van der Waals surface area contributed by atoms with Crippen molar-refractivity contribution < 1.29 is 4.79 Å². The number of aromatic nitrogens is 1. The van der Waals surface area contributed by atoms with Crippen LogP contribution in [-0.2, 0) is 12.8 Å². The fourth-order valence-electron chi connectivity index (χ4n) is 3.97. The highest BCUT2D eigenvalue weighted by Gasteiger charge is 2.28. The number of carbonyl (C=O) groups excluding carboxylic acids is 1. The molecule has 4 rings (SSSR count). The van der Waals surface area contributed by atoms with E-state index in [1.54, 1.807) is 0 Å². The Morgan fingerprint density at radius 3 is 2.86 bits per heavy atom. The summed E-state index contributed by atoms with van der Waals surface area (Å²) in [6.07, 6.45) is 6.11. The SMILES string of the molecule is NC(=O)c1ccc2[nH]c3c(c2c1)CC(N1CCCC1)CC3. The normalized spacial score (nSPS) is 22.6. The first kappa shape index (κ1) is 12.9. The largest absolute Gasteiger partial charge is 0.366 e. The molecule has 1 unspecified atom stereocenters. The number of amides is 1. The summed E-state index contributed by atoms with van der Waals surface area (Å²) in [5.41, 5.74) is 9.90. The molecule has 0 bridgehead atoms. The highest BCUT2D eigenvalue weighted by atomic mass is 16.1. The van der Waals surface area contributed by atoms with Gasteiger partial charge in [-0.2, -0.15) is 0 Å². The predicted octanol–water partition coefficient (Wildman–Crippen LogP) is 2.22. The Bertz CT molecular complexity index is 697. The standard InChI is InChI=1S/C17H21N3O/c18-17(21)11-3-5-15-13(9-11)14-10-12(4-6-16(14)19-15)20-7-1-2-8-20/h3,5,9,12,19H,1-2,4,6-8,10H2,(H2,18,21). The minimum atomic E-state index is -0.348. The van der Waals surface area contributed by atoms with Crippen molar-refractivity contribution in [1.29, 1.82) is 0 Å². The first-order valence-corrected chi connectivity index (χ1v) is 7.90. The van der Waals surface area contributed by atoms with Gasteiger partial charge in [-0.05, 0) is 69.0 Å². The molecule has 1 atom stereocenters. The van der Waals surface area contributed by atoms with Gasteiger partial charge in [0, 0.05) is 28.2 Å². The molecule has 1 aromatic heterocycles. The van der Waals surface area contributed by atoms with Crippen molar-refractivity contribution in [2.45, 2.75) is 38.1 Å². The van der Waals surface area contributed by atoms with E-state index in [-0.39, 0.29) is 5.91 Å². The average molecular weight is 283 g/mol. The lowest BCUT2D eigenvalue weighted by Gasteiger charge is -2.31. The van der Waals surface area contributed by atoms with Crippen molar-refractivity contribution in [2.75, 3.05) is 13.1 Å². The van der Waals surface area contributed by atoms with Gasteiger partial charge in [0.05, 0.1) is 0 Å². The van der Waals surface area contributed by atoms with E-state index in [2.05, 4.69) is 9.88 Å². The molecule has 1 aliphatic heterocycles. The topological polar surface area (TPSA) is 62.1 Å². The van der Waals surface area contributed by atoms with E-state index in [4.69, 9.17) is 5.73 Å². The Hall–Kier alpha value is -1.81. The molecule has 4 nitrogen and oxygen atoms in total. The van der Waals surface area contributed by atoms with Crippen LogP contribution in [0.2, 0.25) is 0 Å². The lowest BCUT2D eigenvalue weighted by Crippen LogP contribution is -2.37. The van der Waals surface area contributed by atoms with Crippen LogP contribution in [0.4, 0.5) is 0 Å². The zero-order valence-corrected chi connectivity index (χ0v) is 12.2. The van der Waals surface area contributed by atoms with Gasteiger partial charge < -0.3 is 15.6 Å². The molecule has 1 amide bonds. The van der Waals surface area contributed by atoms with Crippen LogP contribution in [0.5, 0.6) is 0 Å².